The van der Waals surface area contributed by atoms with Gasteiger partial charge in [0.25, 0.3) is 0 Å². The molecular formula is C19H30OS. The minimum Gasteiger partial charge on any atom is -0.389 e. The van der Waals surface area contributed by atoms with Gasteiger partial charge < -0.3 is 5.11 Å². The van der Waals surface area contributed by atoms with Gasteiger partial charge in [-0.25, -0.2) is 0 Å². The van der Waals surface area contributed by atoms with Crippen molar-refractivity contribution in [2.24, 2.45) is 0 Å². The Morgan fingerprint density at radius 1 is 1.00 bits per heavy atom. The van der Waals surface area contributed by atoms with Crippen LogP contribution in [0.1, 0.15) is 58.8 Å². The molecule has 118 valence electrons. The van der Waals surface area contributed by atoms with Crippen molar-refractivity contribution in [3.63, 3.8) is 0 Å². The number of aliphatic hydroxyl groups is 1. The molecule has 0 fully saturated rings. The van der Waals surface area contributed by atoms with E-state index in [1.54, 1.807) is 0 Å². The second-order valence-electron chi connectivity index (χ2n) is 5.65. The van der Waals surface area contributed by atoms with Crippen molar-refractivity contribution < 1.29 is 5.11 Å². The molecule has 2 atom stereocenters. The maximum Gasteiger partial charge on any atom is 0.0693 e. The van der Waals surface area contributed by atoms with Crippen LogP contribution in [0.5, 0.6) is 0 Å². The Morgan fingerprint density at radius 2 is 1.67 bits per heavy atom. The molecule has 0 aliphatic carbocycles. The number of unbranched alkanes of at least 4 members (excludes halogenated alkanes) is 5. The predicted molar refractivity (Wildman–Crippen MR) is 94.9 cm³/mol. The lowest BCUT2D eigenvalue weighted by molar-refractivity contribution is 0.244. The summed E-state index contributed by atoms with van der Waals surface area (Å²) in [5.41, 5.74) is 0. The van der Waals surface area contributed by atoms with Gasteiger partial charge in [-0.3, -0.25) is 0 Å². The normalized spacial score (nSPS) is 14.4. The summed E-state index contributed by atoms with van der Waals surface area (Å²) in [6.07, 6.45) is 12.9. The quantitative estimate of drug-likeness (QED) is 0.315. The van der Waals surface area contributed by atoms with Crippen LogP contribution in [0.2, 0.25) is 0 Å². The monoisotopic (exact) mass is 306 g/mol. The van der Waals surface area contributed by atoms with E-state index in [-0.39, 0.29) is 6.10 Å². The zero-order chi connectivity index (χ0) is 15.3. The minimum absolute atomic E-state index is 0.353. The van der Waals surface area contributed by atoms with Gasteiger partial charge in [-0.05, 0) is 25.5 Å². The lowest BCUT2D eigenvalue weighted by Gasteiger charge is -2.13. The van der Waals surface area contributed by atoms with Crippen molar-refractivity contribution in [2.75, 3.05) is 0 Å². The fourth-order valence-electron chi connectivity index (χ4n) is 2.28. The van der Waals surface area contributed by atoms with Gasteiger partial charge in [0.2, 0.25) is 0 Å². The molecule has 0 saturated heterocycles. The lowest BCUT2D eigenvalue weighted by atomic mass is 10.1. The fraction of sp³-hybridized carbons (Fsp3) is 0.579. The molecule has 0 bridgehead atoms. The lowest BCUT2D eigenvalue weighted by Crippen LogP contribution is -2.01. The van der Waals surface area contributed by atoms with Gasteiger partial charge in [0.1, 0.15) is 0 Å². The fourth-order valence-corrected chi connectivity index (χ4v) is 3.40. The Bertz CT molecular complexity index is 372. The standard InChI is InChI=1S/C19H30OS/c1-3-4-5-6-7-9-14-19(16-15-17(2)20)21-18-12-10-8-11-13-18/h8,10-13,15-17,19-20H,3-7,9,14H2,1-2H3/b16-15+/t17-,19-/m1/s1. The molecule has 0 heterocycles. The first-order chi connectivity index (χ1) is 10.2. The first-order valence-electron chi connectivity index (χ1n) is 8.30. The summed E-state index contributed by atoms with van der Waals surface area (Å²) in [7, 11) is 0. The summed E-state index contributed by atoms with van der Waals surface area (Å²) in [6, 6.07) is 10.5. The molecule has 1 N–H and O–H groups in total. The summed E-state index contributed by atoms with van der Waals surface area (Å²) in [6.45, 7) is 4.07. The Morgan fingerprint density at radius 3 is 2.33 bits per heavy atom. The average Bonchev–Trinajstić information content (AvgIpc) is 2.49. The van der Waals surface area contributed by atoms with Crippen molar-refractivity contribution in [1.82, 2.24) is 0 Å². The Balaban J connectivity index is 2.38. The zero-order valence-corrected chi connectivity index (χ0v) is 14.3. The SMILES string of the molecule is CCCCCCCC[C@H](/C=C/[C@@H](C)O)Sc1ccccc1. The molecule has 21 heavy (non-hydrogen) atoms. The third-order valence-electron chi connectivity index (χ3n) is 3.48. The molecule has 0 unspecified atom stereocenters. The van der Waals surface area contributed by atoms with E-state index in [2.05, 4.69) is 43.3 Å². The molecule has 0 aliphatic heterocycles. The molecule has 0 spiro atoms. The van der Waals surface area contributed by atoms with Gasteiger partial charge >= 0.3 is 0 Å². The van der Waals surface area contributed by atoms with Crippen molar-refractivity contribution in [3.05, 3.63) is 42.5 Å². The molecule has 1 aromatic carbocycles. The van der Waals surface area contributed by atoms with Crippen LogP contribution in [0.15, 0.2) is 47.4 Å². The van der Waals surface area contributed by atoms with Crippen LogP contribution < -0.4 is 0 Å². The van der Waals surface area contributed by atoms with Gasteiger partial charge in [-0.1, -0.05) is 75.8 Å². The largest absolute Gasteiger partial charge is 0.389 e. The second kappa shape index (κ2) is 11.9. The molecule has 1 aromatic rings. The summed E-state index contributed by atoms with van der Waals surface area (Å²) < 4.78 is 0. The molecule has 1 nitrogen and oxygen atoms in total. The van der Waals surface area contributed by atoms with Crippen LogP contribution in [0.4, 0.5) is 0 Å². The van der Waals surface area contributed by atoms with E-state index in [0.29, 0.717) is 5.25 Å². The van der Waals surface area contributed by atoms with Crippen molar-refractivity contribution in [2.45, 2.75) is 75.0 Å². The molecule has 0 aromatic heterocycles. The highest BCUT2D eigenvalue weighted by atomic mass is 32.2. The molecule has 2 heteroatoms. The smallest absolute Gasteiger partial charge is 0.0693 e. The topological polar surface area (TPSA) is 20.2 Å². The van der Waals surface area contributed by atoms with E-state index < -0.39 is 0 Å². The molecule has 1 rings (SSSR count). The van der Waals surface area contributed by atoms with Crippen LogP contribution in [0.25, 0.3) is 0 Å². The third kappa shape index (κ3) is 9.76. The Hall–Kier alpha value is -0.730. The van der Waals surface area contributed by atoms with Gasteiger partial charge in [-0.15, -0.1) is 11.8 Å². The van der Waals surface area contributed by atoms with Crippen LogP contribution in [0.3, 0.4) is 0 Å². The van der Waals surface area contributed by atoms with Crippen LogP contribution >= 0.6 is 11.8 Å². The van der Waals surface area contributed by atoms with Gasteiger partial charge in [0.05, 0.1) is 6.10 Å². The van der Waals surface area contributed by atoms with Crippen LogP contribution in [-0.4, -0.2) is 16.5 Å². The van der Waals surface area contributed by atoms with Gasteiger partial charge in [0.15, 0.2) is 0 Å². The van der Waals surface area contributed by atoms with E-state index in [4.69, 9.17) is 0 Å². The van der Waals surface area contributed by atoms with Crippen LogP contribution in [-0.2, 0) is 0 Å². The Labute approximate surface area is 134 Å². The molecule has 0 radical (unpaired) electrons. The van der Waals surface area contributed by atoms with E-state index in [1.165, 1.54) is 49.8 Å². The van der Waals surface area contributed by atoms with E-state index in [1.807, 2.05) is 24.8 Å². The molecular weight excluding hydrogens is 276 g/mol. The second-order valence-corrected chi connectivity index (χ2v) is 6.96. The van der Waals surface area contributed by atoms with E-state index in [0.717, 1.165) is 0 Å². The number of rotatable bonds is 11. The Kier molecular flexibility index (Phi) is 10.4. The zero-order valence-electron chi connectivity index (χ0n) is 13.5. The number of thioether (sulfide) groups is 1. The highest BCUT2D eigenvalue weighted by Crippen LogP contribution is 2.28. The van der Waals surface area contributed by atoms with Gasteiger partial charge in [-0.2, -0.15) is 0 Å². The van der Waals surface area contributed by atoms with Crippen molar-refractivity contribution in [1.29, 1.82) is 0 Å². The first kappa shape index (κ1) is 18.3. The first-order valence-corrected chi connectivity index (χ1v) is 9.18. The maximum atomic E-state index is 9.44. The predicted octanol–water partition coefficient (Wildman–Crippen LogP) is 5.83. The average molecular weight is 307 g/mol. The summed E-state index contributed by atoms with van der Waals surface area (Å²) in [5.74, 6) is 0. The highest BCUT2D eigenvalue weighted by molar-refractivity contribution is 8.00. The van der Waals surface area contributed by atoms with Gasteiger partial charge in [0, 0.05) is 10.1 Å². The summed E-state index contributed by atoms with van der Waals surface area (Å²) in [5, 5.41) is 9.91. The maximum absolute atomic E-state index is 9.44. The molecule has 0 saturated carbocycles. The van der Waals surface area contributed by atoms with E-state index >= 15 is 0 Å². The minimum atomic E-state index is -0.353. The summed E-state index contributed by atoms with van der Waals surface area (Å²) >= 11 is 1.90. The van der Waals surface area contributed by atoms with Crippen molar-refractivity contribution >= 4 is 11.8 Å². The molecule has 0 amide bonds. The summed E-state index contributed by atoms with van der Waals surface area (Å²) in [4.78, 5) is 1.31. The number of benzene rings is 1. The number of hydrogen-bond donors (Lipinski definition) is 1. The number of aliphatic hydroxyl groups excluding tert-OH is 1. The highest BCUT2D eigenvalue weighted by Gasteiger charge is 2.07. The van der Waals surface area contributed by atoms with Crippen molar-refractivity contribution in [3.8, 4) is 0 Å². The van der Waals surface area contributed by atoms with Crippen LogP contribution in [0, 0.1) is 0 Å². The van der Waals surface area contributed by atoms with E-state index in [9.17, 15) is 5.11 Å². The number of hydrogen-bond acceptors (Lipinski definition) is 2. The molecule has 0 aliphatic rings. The third-order valence-corrected chi connectivity index (χ3v) is 4.72.